The number of hydrogen-bond acceptors (Lipinski definition) is 3. The number of carbonyl (C=O) groups excluding carboxylic acids is 1. The fraction of sp³-hybridized carbons (Fsp3) is 0.167. The normalized spacial score (nSPS) is 10.7. The molecule has 1 heterocycles. The van der Waals surface area contributed by atoms with Crippen molar-refractivity contribution in [2.75, 3.05) is 12.3 Å². The van der Waals surface area contributed by atoms with Gasteiger partial charge in [-0.15, -0.1) is 0 Å². The summed E-state index contributed by atoms with van der Waals surface area (Å²) in [5.74, 6) is 2.05. The topological polar surface area (TPSA) is 42.2 Å². The average molecular weight is 311 g/mol. The van der Waals surface area contributed by atoms with Gasteiger partial charge in [-0.3, -0.25) is 4.79 Å². The van der Waals surface area contributed by atoms with E-state index in [-0.39, 0.29) is 5.91 Å². The molecule has 0 radical (unpaired) electrons. The molecule has 0 spiro atoms. The Morgan fingerprint density at radius 1 is 1.05 bits per heavy atom. The van der Waals surface area contributed by atoms with E-state index in [1.165, 1.54) is 5.56 Å². The van der Waals surface area contributed by atoms with Crippen molar-refractivity contribution in [1.29, 1.82) is 0 Å². The fourth-order valence-electron chi connectivity index (χ4n) is 2.18. The highest BCUT2D eigenvalue weighted by Gasteiger charge is 2.10. The number of thioether (sulfide) groups is 1. The van der Waals surface area contributed by atoms with Crippen LogP contribution in [-0.2, 0) is 5.75 Å². The number of nitrogens with one attached hydrogen (secondary N) is 1. The third-order valence-electron chi connectivity index (χ3n) is 3.29. The number of para-hydroxylation sites is 1. The van der Waals surface area contributed by atoms with E-state index in [0.717, 1.165) is 22.5 Å². The van der Waals surface area contributed by atoms with Gasteiger partial charge in [0, 0.05) is 23.4 Å². The molecular weight excluding hydrogens is 294 g/mol. The van der Waals surface area contributed by atoms with Crippen molar-refractivity contribution in [3.8, 4) is 0 Å². The molecule has 1 N–H and O–H groups in total. The molecule has 0 unspecified atom stereocenters. The molecule has 0 bridgehead atoms. The molecule has 22 heavy (non-hydrogen) atoms. The standard InChI is InChI=1S/C18H17NO2S/c20-18(17-12-15-8-4-5-9-16(15)21-17)19-10-11-22-13-14-6-2-1-3-7-14/h1-9,12H,10-11,13H2,(H,19,20). The summed E-state index contributed by atoms with van der Waals surface area (Å²) in [5, 5.41) is 3.84. The lowest BCUT2D eigenvalue weighted by molar-refractivity contribution is 0.0930. The number of hydrogen-bond donors (Lipinski definition) is 1. The molecular formula is C18H17NO2S. The summed E-state index contributed by atoms with van der Waals surface area (Å²) in [4.78, 5) is 12.0. The van der Waals surface area contributed by atoms with Gasteiger partial charge in [-0.1, -0.05) is 48.5 Å². The monoisotopic (exact) mass is 311 g/mol. The van der Waals surface area contributed by atoms with Crippen LogP contribution < -0.4 is 5.32 Å². The predicted molar refractivity (Wildman–Crippen MR) is 91.2 cm³/mol. The number of fused-ring (bicyclic) bond motifs is 1. The van der Waals surface area contributed by atoms with Crippen LogP contribution in [0.15, 0.2) is 65.1 Å². The minimum Gasteiger partial charge on any atom is -0.451 e. The van der Waals surface area contributed by atoms with E-state index in [4.69, 9.17) is 4.42 Å². The second-order valence-corrected chi connectivity index (χ2v) is 6.05. The SMILES string of the molecule is O=C(NCCSCc1ccccc1)c1cc2ccccc2o1. The molecule has 2 aromatic carbocycles. The van der Waals surface area contributed by atoms with Gasteiger partial charge in [0.25, 0.3) is 5.91 Å². The summed E-state index contributed by atoms with van der Waals surface area (Å²) >= 11 is 1.80. The summed E-state index contributed by atoms with van der Waals surface area (Å²) in [7, 11) is 0. The smallest absolute Gasteiger partial charge is 0.287 e. The molecule has 0 aliphatic rings. The van der Waals surface area contributed by atoms with Gasteiger partial charge in [-0.25, -0.2) is 0 Å². The number of furan rings is 1. The zero-order valence-corrected chi connectivity index (χ0v) is 12.9. The maximum absolute atomic E-state index is 12.0. The summed E-state index contributed by atoms with van der Waals surface area (Å²) in [5.41, 5.74) is 2.04. The molecule has 0 atom stereocenters. The van der Waals surface area contributed by atoms with Crippen molar-refractivity contribution in [3.05, 3.63) is 72.0 Å². The summed E-state index contributed by atoms with van der Waals surface area (Å²) < 4.78 is 5.54. The first-order valence-corrected chi connectivity index (χ1v) is 8.37. The number of amides is 1. The Morgan fingerprint density at radius 3 is 2.64 bits per heavy atom. The third-order valence-corrected chi connectivity index (χ3v) is 4.32. The minimum atomic E-state index is -0.156. The van der Waals surface area contributed by atoms with Crippen molar-refractivity contribution in [3.63, 3.8) is 0 Å². The number of rotatable bonds is 6. The van der Waals surface area contributed by atoms with Crippen LogP contribution in [0.25, 0.3) is 11.0 Å². The predicted octanol–water partition coefficient (Wildman–Crippen LogP) is 4.10. The zero-order chi connectivity index (χ0) is 15.2. The van der Waals surface area contributed by atoms with Crippen molar-refractivity contribution in [2.24, 2.45) is 0 Å². The Labute approximate surface area is 133 Å². The van der Waals surface area contributed by atoms with Crippen LogP contribution in [0, 0.1) is 0 Å². The van der Waals surface area contributed by atoms with E-state index < -0.39 is 0 Å². The van der Waals surface area contributed by atoms with Crippen LogP contribution in [0.3, 0.4) is 0 Å². The highest BCUT2D eigenvalue weighted by atomic mass is 32.2. The van der Waals surface area contributed by atoms with Gasteiger partial charge in [-0.05, 0) is 17.7 Å². The minimum absolute atomic E-state index is 0.156. The van der Waals surface area contributed by atoms with Gasteiger partial charge in [0.15, 0.2) is 5.76 Å². The first-order chi connectivity index (χ1) is 10.8. The maximum atomic E-state index is 12.0. The molecule has 0 fully saturated rings. The first kappa shape index (κ1) is 14.7. The molecule has 3 rings (SSSR count). The Hall–Kier alpha value is -2.20. The second-order valence-electron chi connectivity index (χ2n) is 4.94. The quantitative estimate of drug-likeness (QED) is 0.697. The van der Waals surface area contributed by atoms with Gasteiger partial charge >= 0.3 is 0 Å². The molecule has 3 nitrogen and oxygen atoms in total. The maximum Gasteiger partial charge on any atom is 0.287 e. The molecule has 4 heteroatoms. The summed E-state index contributed by atoms with van der Waals surface area (Å²) in [6.07, 6.45) is 0. The molecule has 112 valence electrons. The molecule has 3 aromatic rings. The highest BCUT2D eigenvalue weighted by molar-refractivity contribution is 7.98. The summed E-state index contributed by atoms with van der Waals surface area (Å²) in [6, 6.07) is 19.7. The third kappa shape index (κ3) is 3.71. The number of benzene rings is 2. The van der Waals surface area contributed by atoms with Crippen LogP contribution in [-0.4, -0.2) is 18.2 Å². The Bertz CT molecular complexity index is 719. The largest absolute Gasteiger partial charge is 0.451 e. The average Bonchev–Trinajstić information content (AvgIpc) is 2.99. The molecule has 0 saturated carbocycles. The van der Waals surface area contributed by atoms with Crippen LogP contribution in [0.1, 0.15) is 16.1 Å². The van der Waals surface area contributed by atoms with Crippen LogP contribution >= 0.6 is 11.8 Å². The lowest BCUT2D eigenvalue weighted by Crippen LogP contribution is -2.25. The Balaban J connectivity index is 1.44. The molecule has 1 amide bonds. The van der Waals surface area contributed by atoms with Gasteiger partial charge in [0.1, 0.15) is 5.58 Å². The van der Waals surface area contributed by atoms with Crippen molar-refractivity contribution >= 4 is 28.6 Å². The van der Waals surface area contributed by atoms with Gasteiger partial charge in [-0.2, -0.15) is 11.8 Å². The van der Waals surface area contributed by atoms with Crippen LogP contribution in [0.2, 0.25) is 0 Å². The molecule has 0 aliphatic carbocycles. The van der Waals surface area contributed by atoms with E-state index in [1.807, 2.05) is 42.5 Å². The lowest BCUT2D eigenvalue weighted by Gasteiger charge is -2.03. The van der Waals surface area contributed by atoms with Crippen molar-refractivity contribution in [1.82, 2.24) is 5.32 Å². The molecule has 0 aliphatic heterocycles. The van der Waals surface area contributed by atoms with E-state index in [9.17, 15) is 4.79 Å². The Kier molecular flexibility index (Phi) is 4.81. The lowest BCUT2D eigenvalue weighted by atomic mass is 10.2. The van der Waals surface area contributed by atoms with Gasteiger partial charge < -0.3 is 9.73 Å². The Morgan fingerprint density at radius 2 is 1.82 bits per heavy atom. The van der Waals surface area contributed by atoms with Crippen molar-refractivity contribution < 1.29 is 9.21 Å². The molecule has 0 saturated heterocycles. The highest BCUT2D eigenvalue weighted by Crippen LogP contribution is 2.18. The van der Waals surface area contributed by atoms with Gasteiger partial charge in [0.2, 0.25) is 0 Å². The molecule has 1 aromatic heterocycles. The van der Waals surface area contributed by atoms with E-state index in [0.29, 0.717) is 12.3 Å². The first-order valence-electron chi connectivity index (χ1n) is 7.21. The van der Waals surface area contributed by atoms with E-state index >= 15 is 0 Å². The zero-order valence-electron chi connectivity index (χ0n) is 12.1. The fourth-order valence-corrected chi connectivity index (χ4v) is 3.00. The second kappa shape index (κ2) is 7.18. The summed E-state index contributed by atoms with van der Waals surface area (Å²) in [6.45, 7) is 0.632. The van der Waals surface area contributed by atoms with E-state index in [1.54, 1.807) is 17.8 Å². The van der Waals surface area contributed by atoms with E-state index in [2.05, 4.69) is 17.4 Å². The van der Waals surface area contributed by atoms with Crippen molar-refractivity contribution in [2.45, 2.75) is 5.75 Å². The number of carbonyl (C=O) groups is 1. The van der Waals surface area contributed by atoms with Crippen LogP contribution in [0.5, 0.6) is 0 Å². The van der Waals surface area contributed by atoms with Crippen LogP contribution in [0.4, 0.5) is 0 Å². The van der Waals surface area contributed by atoms with Gasteiger partial charge in [0.05, 0.1) is 0 Å².